The number of benzene rings is 10. The van der Waals surface area contributed by atoms with Gasteiger partial charge in [0.25, 0.3) is 0 Å². The van der Waals surface area contributed by atoms with Gasteiger partial charge in [-0.25, -0.2) is 0 Å². The van der Waals surface area contributed by atoms with E-state index in [-0.39, 0.29) is 0 Å². The molecule has 2 aromatic heterocycles. The van der Waals surface area contributed by atoms with Gasteiger partial charge in [0.15, 0.2) is 0 Å². The van der Waals surface area contributed by atoms with E-state index in [4.69, 9.17) is 4.42 Å². The zero-order chi connectivity index (χ0) is 41.4. The van der Waals surface area contributed by atoms with Crippen LogP contribution in [-0.4, -0.2) is 0 Å². The molecule has 0 unspecified atom stereocenters. The van der Waals surface area contributed by atoms with Crippen LogP contribution in [0.25, 0.3) is 107 Å². The van der Waals surface area contributed by atoms with Gasteiger partial charge >= 0.3 is 0 Å². The van der Waals surface area contributed by atoms with E-state index in [2.05, 4.69) is 223 Å². The molecule has 63 heavy (non-hydrogen) atoms. The van der Waals surface area contributed by atoms with Crippen molar-refractivity contribution in [2.24, 2.45) is 0 Å². The summed E-state index contributed by atoms with van der Waals surface area (Å²) in [5.74, 6) is 0. The van der Waals surface area contributed by atoms with Crippen molar-refractivity contribution < 1.29 is 4.42 Å². The fraction of sp³-hybridized carbons (Fsp3) is 0. The predicted molar refractivity (Wildman–Crippen MR) is 272 cm³/mol. The van der Waals surface area contributed by atoms with Crippen LogP contribution in [0.1, 0.15) is 0 Å². The topological polar surface area (TPSA) is 16.4 Å². The normalized spacial score (nSPS) is 11.8. The van der Waals surface area contributed by atoms with E-state index in [1.165, 1.54) is 74.0 Å². The van der Waals surface area contributed by atoms with Crippen molar-refractivity contribution in [3.63, 3.8) is 0 Å². The summed E-state index contributed by atoms with van der Waals surface area (Å²) in [4.78, 5) is 2.45. The molecule has 0 spiro atoms. The van der Waals surface area contributed by atoms with E-state index in [1.54, 1.807) is 0 Å². The highest BCUT2D eigenvalue weighted by atomic mass is 32.1. The lowest BCUT2D eigenvalue weighted by atomic mass is 9.93. The molecule has 13 rings (SSSR count). The number of fused-ring (bicyclic) bond motifs is 16. The first-order chi connectivity index (χ1) is 31.3. The Morgan fingerprint density at radius 1 is 0.302 bits per heavy atom. The summed E-state index contributed by atoms with van der Waals surface area (Å²) < 4.78 is 9.14. The molecule has 0 atom stereocenters. The molecule has 0 bridgehead atoms. The Bertz CT molecular complexity index is 4050. The summed E-state index contributed by atoms with van der Waals surface area (Å²) in [7, 11) is 0. The molecule has 0 aliphatic rings. The van der Waals surface area contributed by atoms with Crippen LogP contribution in [0.5, 0.6) is 0 Å². The lowest BCUT2D eigenvalue weighted by Crippen LogP contribution is -2.11. The van der Waals surface area contributed by atoms with Crippen molar-refractivity contribution >= 4 is 124 Å². The maximum Gasteiger partial charge on any atom is 0.137 e. The Morgan fingerprint density at radius 2 is 0.810 bits per heavy atom. The molecule has 294 valence electrons. The summed E-state index contributed by atoms with van der Waals surface area (Å²) in [6.07, 6.45) is 0. The number of rotatable bonds is 4. The van der Waals surface area contributed by atoms with Gasteiger partial charge in [0.05, 0.1) is 16.8 Å². The molecule has 0 aliphatic carbocycles. The summed E-state index contributed by atoms with van der Waals surface area (Å²) >= 11 is 1.87. The Balaban J connectivity index is 1.24. The Hall–Kier alpha value is -7.98. The standard InChI is InChI=1S/C60H37NOS/c1-2-17-38(18-3-1)40-19-10-13-28-54(40)61(55-29-16-31-57-60(55)49-27-11-14-30-56(49)62-57)39-33-34-47-50(35-39)45-24-8-6-22-43(45)41-20-4-5-21-42(41)44-23-7-9-25-46(44)51-36-53-48-26-12-15-32-58(48)63-59(53)37-52(47)51/h1-37H. The van der Waals surface area contributed by atoms with Crippen molar-refractivity contribution in [3.05, 3.63) is 224 Å². The van der Waals surface area contributed by atoms with Gasteiger partial charge in [-0.1, -0.05) is 170 Å². The fourth-order valence-electron chi connectivity index (χ4n) is 10.1. The zero-order valence-electron chi connectivity index (χ0n) is 34.1. The second kappa shape index (κ2) is 14.3. The minimum Gasteiger partial charge on any atom is -0.456 e. The predicted octanol–water partition coefficient (Wildman–Crippen LogP) is 18.0. The number of hydrogen-bond donors (Lipinski definition) is 0. The van der Waals surface area contributed by atoms with Gasteiger partial charge in [0.1, 0.15) is 11.2 Å². The van der Waals surface area contributed by atoms with Crippen molar-refractivity contribution in [2.45, 2.75) is 0 Å². The highest BCUT2D eigenvalue weighted by Crippen LogP contribution is 2.48. The fourth-order valence-corrected chi connectivity index (χ4v) is 11.2. The van der Waals surface area contributed by atoms with Crippen molar-refractivity contribution in [1.82, 2.24) is 0 Å². The van der Waals surface area contributed by atoms with Crippen molar-refractivity contribution in [3.8, 4) is 11.1 Å². The highest BCUT2D eigenvalue weighted by molar-refractivity contribution is 7.25. The van der Waals surface area contributed by atoms with Gasteiger partial charge in [0, 0.05) is 36.8 Å². The van der Waals surface area contributed by atoms with E-state index < -0.39 is 0 Å². The van der Waals surface area contributed by atoms with Crippen LogP contribution in [-0.2, 0) is 0 Å². The molecule has 0 N–H and O–H groups in total. The van der Waals surface area contributed by atoms with Crippen LogP contribution in [0, 0.1) is 0 Å². The van der Waals surface area contributed by atoms with E-state index in [9.17, 15) is 0 Å². The number of anilines is 3. The molecule has 13 aromatic rings. The Kier molecular flexibility index (Phi) is 8.12. The van der Waals surface area contributed by atoms with Gasteiger partial charge in [0.2, 0.25) is 0 Å². The third kappa shape index (κ3) is 5.64. The van der Waals surface area contributed by atoms with E-state index in [0.29, 0.717) is 0 Å². The quantitative estimate of drug-likeness (QED) is 0.176. The van der Waals surface area contributed by atoms with Crippen LogP contribution in [0.4, 0.5) is 17.1 Å². The molecule has 0 radical (unpaired) electrons. The van der Waals surface area contributed by atoms with Crippen LogP contribution < -0.4 is 4.90 Å². The molecule has 2 nitrogen and oxygen atoms in total. The molecule has 2 heterocycles. The van der Waals surface area contributed by atoms with Crippen LogP contribution >= 0.6 is 11.3 Å². The van der Waals surface area contributed by atoms with Crippen molar-refractivity contribution in [1.29, 1.82) is 0 Å². The molecule has 0 saturated carbocycles. The smallest absolute Gasteiger partial charge is 0.137 e. The second-order valence-electron chi connectivity index (χ2n) is 16.3. The number of hydrogen-bond acceptors (Lipinski definition) is 3. The van der Waals surface area contributed by atoms with Gasteiger partial charge < -0.3 is 9.32 Å². The minimum atomic E-state index is 0.858. The molecular formula is C60H37NOS. The summed E-state index contributed by atoms with van der Waals surface area (Å²) in [5, 5.41) is 16.8. The van der Waals surface area contributed by atoms with E-state index in [0.717, 1.165) is 50.1 Å². The van der Waals surface area contributed by atoms with Crippen LogP contribution in [0.3, 0.4) is 0 Å². The SMILES string of the molecule is c1ccc(-c2ccccc2N(c2ccc3c(c2)c2ccccc2c2ccccc2c2ccccc2c2cc4c(cc32)sc2ccccc24)c2cccc3oc4ccccc4c23)cc1. The lowest BCUT2D eigenvalue weighted by Gasteiger charge is -2.29. The minimum absolute atomic E-state index is 0.858. The zero-order valence-corrected chi connectivity index (χ0v) is 34.9. The monoisotopic (exact) mass is 819 g/mol. The number of nitrogens with zero attached hydrogens (tertiary/aromatic N) is 1. The van der Waals surface area contributed by atoms with Crippen LogP contribution in [0.15, 0.2) is 229 Å². The van der Waals surface area contributed by atoms with Gasteiger partial charge in [-0.2, -0.15) is 0 Å². The molecule has 0 fully saturated rings. The average molecular weight is 820 g/mol. The Labute approximate surface area is 367 Å². The summed E-state index contributed by atoms with van der Waals surface area (Å²) in [5.41, 5.74) is 7.23. The third-order valence-electron chi connectivity index (χ3n) is 12.9. The third-order valence-corrected chi connectivity index (χ3v) is 14.0. The largest absolute Gasteiger partial charge is 0.456 e. The Morgan fingerprint density at radius 3 is 1.52 bits per heavy atom. The summed E-state index contributed by atoms with van der Waals surface area (Å²) in [6, 6.07) is 82.1. The molecular weight excluding hydrogens is 783 g/mol. The van der Waals surface area contributed by atoms with Crippen LogP contribution in [0.2, 0.25) is 0 Å². The van der Waals surface area contributed by atoms with E-state index >= 15 is 0 Å². The number of furan rings is 1. The van der Waals surface area contributed by atoms with Gasteiger partial charge in [-0.15, -0.1) is 11.3 Å². The maximum absolute atomic E-state index is 6.56. The first-order valence-electron chi connectivity index (χ1n) is 21.5. The highest BCUT2D eigenvalue weighted by Gasteiger charge is 2.23. The molecule has 0 aliphatic heterocycles. The number of thiophene rings is 1. The molecule has 11 aromatic carbocycles. The average Bonchev–Trinajstić information content (AvgIpc) is 3.92. The van der Waals surface area contributed by atoms with E-state index in [1.807, 2.05) is 17.4 Å². The number of para-hydroxylation sites is 2. The lowest BCUT2D eigenvalue weighted by molar-refractivity contribution is 0.669. The molecule has 0 saturated heterocycles. The summed E-state index contributed by atoms with van der Waals surface area (Å²) in [6.45, 7) is 0. The maximum atomic E-state index is 6.56. The first kappa shape index (κ1) is 35.7. The van der Waals surface area contributed by atoms with Crippen molar-refractivity contribution in [2.75, 3.05) is 4.90 Å². The van der Waals surface area contributed by atoms with Gasteiger partial charge in [-0.05, 0) is 114 Å². The molecule has 3 heteroatoms. The van der Waals surface area contributed by atoms with Gasteiger partial charge in [-0.3, -0.25) is 0 Å². The molecule has 0 amide bonds. The second-order valence-corrected chi connectivity index (χ2v) is 17.4. The first-order valence-corrected chi connectivity index (χ1v) is 22.3.